The van der Waals surface area contributed by atoms with Crippen LogP contribution in [0.5, 0.6) is 0 Å². The molecule has 96 valence electrons. The first-order chi connectivity index (χ1) is 8.75. The first-order valence-corrected chi connectivity index (χ1v) is 6.20. The molecule has 1 aromatic carbocycles. The van der Waals surface area contributed by atoms with Crippen LogP contribution in [0.25, 0.3) is 0 Å². The third kappa shape index (κ3) is 3.67. The fourth-order valence-corrected chi connectivity index (χ4v) is 1.87. The molecule has 0 bridgehead atoms. The molecule has 0 fully saturated rings. The Morgan fingerprint density at radius 3 is 3.00 bits per heavy atom. The minimum Gasteiger partial charge on any atom is -0.349 e. The number of aromatic nitrogens is 2. The molecule has 2 rings (SSSR count). The number of imidazole rings is 1. The highest BCUT2D eigenvalue weighted by atomic mass is 19.1. The normalized spacial score (nSPS) is 10.8. The number of H-pyrrole nitrogens is 1. The van der Waals surface area contributed by atoms with Gasteiger partial charge in [0.15, 0.2) is 0 Å². The zero-order valence-electron chi connectivity index (χ0n) is 10.5. The van der Waals surface area contributed by atoms with Crippen LogP contribution in [0, 0.1) is 12.7 Å². The van der Waals surface area contributed by atoms with Crippen LogP contribution in [0.2, 0.25) is 0 Å². The summed E-state index contributed by atoms with van der Waals surface area (Å²) < 4.78 is 13.1. The van der Waals surface area contributed by atoms with Gasteiger partial charge in [0.2, 0.25) is 0 Å². The molecule has 3 nitrogen and oxygen atoms in total. The number of halogens is 1. The second-order valence-corrected chi connectivity index (χ2v) is 4.40. The molecule has 0 spiro atoms. The van der Waals surface area contributed by atoms with E-state index in [-0.39, 0.29) is 5.82 Å². The Morgan fingerprint density at radius 1 is 1.39 bits per heavy atom. The second kappa shape index (κ2) is 6.31. The molecule has 2 aromatic rings. The zero-order valence-corrected chi connectivity index (χ0v) is 10.5. The van der Waals surface area contributed by atoms with Gasteiger partial charge >= 0.3 is 0 Å². The van der Waals surface area contributed by atoms with Crippen molar-refractivity contribution < 1.29 is 4.39 Å². The summed E-state index contributed by atoms with van der Waals surface area (Å²) >= 11 is 0. The molecule has 0 radical (unpaired) electrons. The lowest BCUT2D eigenvalue weighted by atomic mass is 10.1. The van der Waals surface area contributed by atoms with Gasteiger partial charge in [0.05, 0.1) is 0 Å². The second-order valence-electron chi connectivity index (χ2n) is 4.40. The van der Waals surface area contributed by atoms with Crippen LogP contribution in [-0.4, -0.2) is 16.5 Å². The van der Waals surface area contributed by atoms with Gasteiger partial charge in [-0.25, -0.2) is 9.37 Å². The molecule has 4 heteroatoms. The topological polar surface area (TPSA) is 40.7 Å². The summed E-state index contributed by atoms with van der Waals surface area (Å²) in [5.74, 6) is 0.881. The van der Waals surface area contributed by atoms with Gasteiger partial charge in [-0.2, -0.15) is 0 Å². The average molecular weight is 247 g/mol. The Kier molecular flexibility index (Phi) is 4.47. The summed E-state index contributed by atoms with van der Waals surface area (Å²) in [6.07, 6.45) is 5.59. The number of aryl methyl sites for hydroxylation is 2. The van der Waals surface area contributed by atoms with Crippen LogP contribution in [0.1, 0.15) is 23.4 Å². The molecule has 0 atom stereocenters. The highest BCUT2D eigenvalue weighted by Gasteiger charge is 1.99. The SMILES string of the molecule is Cc1cc(CNCCCc2ncc[nH]2)ccc1F. The van der Waals surface area contributed by atoms with Crippen molar-refractivity contribution in [3.8, 4) is 0 Å². The summed E-state index contributed by atoms with van der Waals surface area (Å²) in [5.41, 5.74) is 1.82. The van der Waals surface area contributed by atoms with Gasteiger partial charge in [-0.1, -0.05) is 12.1 Å². The fourth-order valence-electron chi connectivity index (χ4n) is 1.87. The molecule has 0 aliphatic heterocycles. The molecule has 0 aliphatic carbocycles. The minimum absolute atomic E-state index is 0.142. The lowest BCUT2D eigenvalue weighted by molar-refractivity contribution is 0.613. The molecule has 2 N–H and O–H groups in total. The maximum Gasteiger partial charge on any atom is 0.126 e. The summed E-state index contributed by atoms with van der Waals surface area (Å²) in [6, 6.07) is 5.23. The third-order valence-electron chi connectivity index (χ3n) is 2.87. The molecular weight excluding hydrogens is 229 g/mol. The monoisotopic (exact) mass is 247 g/mol. The Labute approximate surface area is 106 Å². The van der Waals surface area contributed by atoms with Crippen molar-refractivity contribution in [1.82, 2.24) is 15.3 Å². The molecule has 0 unspecified atom stereocenters. The number of rotatable bonds is 6. The maximum absolute atomic E-state index is 13.1. The Bertz CT molecular complexity index is 480. The van der Waals surface area contributed by atoms with E-state index in [1.54, 1.807) is 13.1 Å². The van der Waals surface area contributed by atoms with Crippen molar-refractivity contribution in [3.05, 3.63) is 53.4 Å². The molecule has 0 saturated carbocycles. The van der Waals surface area contributed by atoms with Gasteiger partial charge < -0.3 is 10.3 Å². The van der Waals surface area contributed by atoms with E-state index in [1.807, 2.05) is 18.3 Å². The molecule has 0 aliphatic rings. The largest absolute Gasteiger partial charge is 0.349 e. The number of hydrogen-bond acceptors (Lipinski definition) is 2. The zero-order chi connectivity index (χ0) is 12.8. The predicted molar refractivity (Wildman–Crippen MR) is 69.8 cm³/mol. The lowest BCUT2D eigenvalue weighted by Crippen LogP contribution is -2.15. The number of benzene rings is 1. The van der Waals surface area contributed by atoms with Crippen LogP contribution in [0.4, 0.5) is 4.39 Å². The van der Waals surface area contributed by atoms with Gasteiger partial charge in [0.1, 0.15) is 11.6 Å². The fraction of sp³-hybridized carbons (Fsp3) is 0.357. The quantitative estimate of drug-likeness (QED) is 0.770. The molecular formula is C14H18FN3. The average Bonchev–Trinajstić information content (AvgIpc) is 2.86. The molecule has 1 heterocycles. The van der Waals surface area contributed by atoms with E-state index in [1.165, 1.54) is 6.07 Å². The first kappa shape index (κ1) is 12.8. The molecule has 0 saturated heterocycles. The van der Waals surface area contributed by atoms with E-state index in [0.717, 1.165) is 37.3 Å². The first-order valence-electron chi connectivity index (χ1n) is 6.20. The van der Waals surface area contributed by atoms with Crippen molar-refractivity contribution in [2.75, 3.05) is 6.54 Å². The summed E-state index contributed by atoms with van der Waals surface area (Å²) in [7, 11) is 0. The van der Waals surface area contributed by atoms with Crippen LogP contribution >= 0.6 is 0 Å². The highest BCUT2D eigenvalue weighted by Crippen LogP contribution is 2.08. The van der Waals surface area contributed by atoms with E-state index in [4.69, 9.17) is 0 Å². The van der Waals surface area contributed by atoms with Crippen molar-refractivity contribution in [3.63, 3.8) is 0 Å². The predicted octanol–water partition coefficient (Wildman–Crippen LogP) is 2.58. The van der Waals surface area contributed by atoms with E-state index in [9.17, 15) is 4.39 Å². The van der Waals surface area contributed by atoms with E-state index in [2.05, 4.69) is 15.3 Å². The Hall–Kier alpha value is -1.68. The van der Waals surface area contributed by atoms with Gasteiger partial charge in [-0.3, -0.25) is 0 Å². The number of aromatic amines is 1. The lowest BCUT2D eigenvalue weighted by Gasteiger charge is -2.05. The van der Waals surface area contributed by atoms with Crippen LogP contribution in [-0.2, 0) is 13.0 Å². The van der Waals surface area contributed by atoms with Crippen molar-refractivity contribution in [2.24, 2.45) is 0 Å². The summed E-state index contributed by atoms with van der Waals surface area (Å²) in [4.78, 5) is 7.25. The molecule has 1 aromatic heterocycles. The summed E-state index contributed by atoms with van der Waals surface area (Å²) in [5, 5.41) is 3.35. The van der Waals surface area contributed by atoms with Crippen molar-refractivity contribution in [1.29, 1.82) is 0 Å². The van der Waals surface area contributed by atoms with Crippen LogP contribution in [0.3, 0.4) is 0 Å². The van der Waals surface area contributed by atoms with Crippen molar-refractivity contribution >= 4 is 0 Å². The van der Waals surface area contributed by atoms with Gasteiger partial charge in [-0.15, -0.1) is 0 Å². The Balaban J connectivity index is 1.67. The van der Waals surface area contributed by atoms with E-state index in [0.29, 0.717) is 5.56 Å². The van der Waals surface area contributed by atoms with Gasteiger partial charge in [-0.05, 0) is 37.1 Å². The van der Waals surface area contributed by atoms with Crippen LogP contribution < -0.4 is 5.32 Å². The van der Waals surface area contributed by atoms with Crippen molar-refractivity contribution in [2.45, 2.75) is 26.3 Å². The smallest absolute Gasteiger partial charge is 0.126 e. The summed E-state index contributed by atoms with van der Waals surface area (Å²) in [6.45, 7) is 3.49. The Morgan fingerprint density at radius 2 is 2.28 bits per heavy atom. The molecule has 0 amide bonds. The van der Waals surface area contributed by atoms with E-state index < -0.39 is 0 Å². The number of hydrogen-bond donors (Lipinski definition) is 2. The van der Waals surface area contributed by atoms with Gasteiger partial charge in [0, 0.05) is 25.4 Å². The highest BCUT2D eigenvalue weighted by molar-refractivity contribution is 5.23. The van der Waals surface area contributed by atoms with Crippen LogP contribution in [0.15, 0.2) is 30.6 Å². The van der Waals surface area contributed by atoms with Gasteiger partial charge in [0.25, 0.3) is 0 Å². The maximum atomic E-state index is 13.1. The standard InChI is InChI=1S/C14H18FN3/c1-11-9-12(4-5-13(11)15)10-16-6-2-3-14-17-7-8-18-14/h4-5,7-9,16H,2-3,6,10H2,1H3,(H,17,18). The third-order valence-corrected chi connectivity index (χ3v) is 2.87. The number of nitrogens with zero attached hydrogens (tertiary/aromatic N) is 1. The number of nitrogens with one attached hydrogen (secondary N) is 2. The molecule has 18 heavy (non-hydrogen) atoms. The van der Waals surface area contributed by atoms with E-state index >= 15 is 0 Å². The minimum atomic E-state index is -0.142.